The smallest absolute Gasteiger partial charge is 0.263 e. The van der Waals surface area contributed by atoms with Gasteiger partial charge >= 0.3 is 0 Å². The quantitative estimate of drug-likeness (QED) is 0.271. The van der Waals surface area contributed by atoms with Crippen molar-refractivity contribution in [2.45, 2.75) is 24.4 Å². The molecule has 6 nitrogen and oxygen atoms in total. The Balaban J connectivity index is 1.79. The molecular formula is C17H14N4O2S3. The van der Waals surface area contributed by atoms with Gasteiger partial charge in [-0.15, -0.1) is 29.3 Å². The van der Waals surface area contributed by atoms with Gasteiger partial charge in [-0.3, -0.25) is 9.36 Å². The summed E-state index contributed by atoms with van der Waals surface area (Å²) in [5.41, 5.74) is 0.892. The third-order valence-electron chi connectivity index (χ3n) is 3.65. The molecule has 4 aromatic rings. The van der Waals surface area contributed by atoms with Crippen LogP contribution in [0.15, 0.2) is 50.0 Å². The number of fused-ring (bicyclic) bond motifs is 1. The second kappa shape index (κ2) is 7.18. The first-order chi connectivity index (χ1) is 12.7. The Morgan fingerprint density at radius 2 is 2.27 bits per heavy atom. The monoisotopic (exact) mass is 402 g/mol. The van der Waals surface area contributed by atoms with Crippen LogP contribution >= 0.6 is 34.4 Å². The van der Waals surface area contributed by atoms with Gasteiger partial charge in [-0.2, -0.15) is 4.98 Å². The first-order valence-corrected chi connectivity index (χ1v) is 10.5. The van der Waals surface area contributed by atoms with E-state index in [4.69, 9.17) is 9.51 Å². The predicted molar refractivity (Wildman–Crippen MR) is 106 cm³/mol. The van der Waals surface area contributed by atoms with Gasteiger partial charge in [0.25, 0.3) is 5.56 Å². The van der Waals surface area contributed by atoms with Gasteiger partial charge in [0.2, 0.25) is 5.89 Å². The summed E-state index contributed by atoms with van der Waals surface area (Å²) in [6, 6.07) is 4.00. The molecule has 0 aliphatic heterocycles. The van der Waals surface area contributed by atoms with Crippen molar-refractivity contribution in [2.75, 3.05) is 0 Å². The molecule has 0 aliphatic rings. The van der Waals surface area contributed by atoms with E-state index < -0.39 is 0 Å². The number of allylic oxidation sites excluding steroid dienone is 1. The highest BCUT2D eigenvalue weighted by atomic mass is 32.2. The van der Waals surface area contributed by atoms with Crippen LogP contribution in [0.4, 0.5) is 0 Å². The van der Waals surface area contributed by atoms with Gasteiger partial charge in [-0.1, -0.05) is 29.1 Å². The SMILES string of the molecule is C=CCn1c(SCc2nc(C)no2)nc2scc(-c3cccs3)c2c1=O. The lowest BCUT2D eigenvalue weighted by atomic mass is 10.2. The zero-order valence-electron chi connectivity index (χ0n) is 13.8. The Labute approximate surface area is 161 Å². The number of aryl methyl sites for hydroxylation is 1. The third kappa shape index (κ3) is 3.13. The van der Waals surface area contributed by atoms with Crippen LogP contribution in [0.1, 0.15) is 11.7 Å². The molecule has 132 valence electrons. The standard InChI is InChI=1S/C17H14N4O2S3/c1-3-6-21-16(22)14-11(12-5-4-7-24-12)8-25-15(14)19-17(21)26-9-13-18-10(2)20-23-13/h3-5,7-8H,1,6,9H2,2H3. The summed E-state index contributed by atoms with van der Waals surface area (Å²) in [6.07, 6.45) is 1.70. The van der Waals surface area contributed by atoms with Gasteiger partial charge in [-0.05, 0) is 18.4 Å². The fourth-order valence-electron chi connectivity index (χ4n) is 2.54. The minimum atomic E-state index is -0.0521. The van der Waals surface area contributed by atoms with Crippen LogP contribution in [0, 0.1) is 6.92 Å². The fourth-order valence-corrected chi connectivity index (χ4v) is 5.19. The van der Waals surface area contributed by atoms with Crippen molar-refractivity contribution in [2.24, 2.45) is 0 Å². The molecule has 0 atom stereocenters. The van der Waals surface area contributed by atoms with E-state index in [-0.39, 0.29) is 5.56 Å². The van der Waals surface area contributed by atoms with Gasteiger partial charge in [0.05, 0.1) is 11.1 Å². The number of thiophene rings is 2. The van der Waals surface area contributed by atoms with E-state index in [0.29, 0.717) is 34.6 Å². The molecule has 0 saturated carbocycles. The van der Waals surface area contributed by atoms with E-state index in [1.807, 2.05) is 22.9 Å². The van der Waals surface area contributed by atoms with Crippen molar-refractivity contribution >= 4 is 44.7 Å². The Morgan fingerprint density at radius 3 is 2.96 bits per heavy atom. The Hall–Kier alpha value is -2.23. The lowest BCUT2D eigenvalue weighted by Crippen LogP contribution is -2.22. The topological polar surface area (TPSA) is 73.8 Å². The normalized spacial score (nSPS) is 11.3. The summed E-state index contributed by atoms with van der Waals surface area (Å²) >= 11 is 4.51. The van der Waals surface area contributed by atoms with Gasteiger partial charge in [-0.25, -0.2) is 4.98 Å². The summed E-state index contributed by atoms with van der Waals surface area (Å²) in [5.74, 6) is 1.56. The molecule has 26 heavy (non-hydrogen) atoms. The molecule has 0 saturated heterocycles. The van der Waals surface area contributed by atoms with Crippen LogP contribution in [-0.4, -0.2) is 19.7 Å². The summed E-state index contributed by atoms with van der Waals surface area (Å²) in [5, 5.41) is 9.08. The Bertz CT molecular complexity index is 1130. The van der Waals surface area contributed by atoms with Crippen molar-refractivity contribution in [1.82, 2.24) is 19.7 Å². The van der Waals surface area contributed by atoms with E-state index in [1.165, 1.54) is 23.1 Å². The molecule has 9 heteroatoms. The number of hydrogen-bond donors (Lipinski definition) is 0. The summed E-state index contributed by atoms with van der Waals surface area (Å²) < 4.78 is 6.79. The molecule has 4 aromatic heterocycles. The maximum Gasteiger partial charge on any atom is 0.263 e. The van der Waals surface area contributed by atoms with Crippen molar-refractivity contribution in [3.8, 4) is 10.4 Å². The fraction of sp³-hybridized carbons (Fsp3) is 0.176. The molecule has 4 heterocycles. The van der Waals surface area contributed by atoms with Gasteiger partial charge in [0.15, 0.2) is 11.0 Å². The molecule has 0 aromatic carbocycles. The molecule has 0 amide bonds. The molecule has 0 radical (unpaired) electrons. The number of thioether (sulfide) groups is 1. The first-order valence-electron chi connectivity index (χ1n) is 7.76. The zero-order chi connectivity index (χ0) is 18.1. The van der Waals surface area contributed by atoms with Crippen molar-refractivity contribution in [1.29, 1.82) is 0 Å². The maximum absolute atomic E-state index is 13.2. The first kappa shape index (κ1) is 17.2. The summed E-state index contributed by atoms with van der Waals surface area (Å²) in [4.78, 5) is 23.9. The summed E-state index contributed by atoms with van der Waals surface area (Å²) in [7, 11) is 0. The zero-order valence-corrected chi connectivity index (χ0v) is 16.3. The molecule has 0 aliphatic carbocycles. The lowest BCUT2D eigenvalue weighted by molar-refractivity contribution is 0.387. The molecular weight excluding hydrogens is 388 g/mol. The average Bonchev–Trinajstić information content (AvgIpc) is 3.36. The Morgan fingerprint density at radius 1 is 1.38 bits per heavy atom. The molecule has 0 fully saturated rings. The maximum atomic E-state index is 13.2. The lowest BCUT2D eigenvalue weighted by Gasteiger charge is -2.09. The molecule has 0 bridgehead atoms. The van der Waals surface area contributed by atoms with Crippen LogP contribution in [0.5, 0.6) is 0 Å². The average molecular weight is 403 g/mol. The van der Waals surface area contributed by atoms with Crippen LogP contribution in [0.2, 0.25) is 0 Å². The van der Waals surface area contributed by atoms with E-state index in [0.717, 1.165) is 15.3 Å². The van der Waals surface area contributed by atoms with Crippen LogP contribution in [0.3, 0.4) is 0 Å². The molecule has 4 rings (SSSR count). The highest BCUT2D eigenvalue weighted by molar-refractivity contribution is 7.98. The molecule has 0 spiro atoms. The molecule has 0 N–H and O–H groups in total. The number of hydrogen-bond acceptors (Lipinski definition) is 8. The number of nitrogens with zero attached hydrogens (tertiary/aromatic N) is 4. The van der Waals surface area contributed by atoms with E-state index >= 15 is 0 Å². The summed E-state index contributed by atoms with van der Waals surface area (Å²) in [6.45, 7) is 5.93. The van der Waals surface area contributed by atoms with E-state index in [2.05, 4.69) is 16.7 Å². The minimum absolute atomic E-state index is 0.0521. The second-order valence-electron chi connectivity index (χ2n) is 5.43. The van der Waals surface area contributed by atoms with E-state index in [1.54, 1.807) is 28.9 Å². The number of rotatable bonds is 6. The van der Waals surface area contributed by atoms with Crippen molar-refractivity contribution < 1.29 is 4.52 Å². The largest absolute Gasteiger partial charge is 0.338 e. The predicted octanol–water partition coefficient (Wildman–Crippen LogP) is 4.36. The van der Waals surface area contributed by atoms with Crippen LogP contribution < -0.4 is 5.56 Å². The van der Waals surface area contributed by atoms with Crippen molar-refractivity contribution in [3.63, 3.8) is 0 Å². The highest BCUT2D eigenvalue weighted by Crippen LogP contribution is 2.34. The van der Waals surface area contributed by atoms with Gasteiger partial charge in [0.1, 0.15) is 4.83 Å². The highest BCUT2D eigenvalue weighted by Gasteiger charge is 2.18. The second-order valence-corrected chi connectivity index (χ2v) is 8.18. The minimum Gasteiger partial charge on any atom is -0.338 e. The molecule has 0 unspecified atom stereocenters. The van der Waals surface area contributed by atoms with Gasteiger partial charge < -0.3 is 4.52 Å². The van der Waals surface area contributed by atoms with E-state index in [9.17, 15) is 4.79 Å². The van der Waals surface area contributed by atoms with Crippen LogP contribution in [-0.2, 0) is 12.3 Å². The Kier molecular flexibility index (Phi) is 4.75. The van der Waals surface area contributed by atoms with Crippen molar-refractivity contribution in [3.05, 3.63) is 57.6 Å². The van der Waals surface area contributed by atoms with Crippen LogP contribution in [0.25, 0.3) is 20.7 Å². The van der Waals surface area contributed by atoms with Gasteiger partial charge in [0, 0.05) is 22.4 Å². The third-order valence-corrected chi connectivity index (χ3v) is 6.39. The number of aromatic nitrogens is 4.